The molecule has 0 radical (unpaired) electrons. The molecule has 1 fully saturated rings. The first-order valence-electron chi connectivity index (χ1n) is 6.18. The van der Waals surface area contributed by atoms with Crippen LogP contribution in [0.3, 0.4) is 0 Å². The molecule has 0 aliphatic heterocycles. The monoisotopic (exact) mass is 276 g/mol. The summed E-state index contributed by atoms with van der Waals surface area (Å²) in [5, 5.41) is 0. The summed E-state index contributed by atoms with van der Waals surface area (Å²) in [5.74, 6) is -0.488. The number of alkyl halides is 3. The summed E-state index contributed by atoms with van der Waals surface area (Å²) in [4.78, 5) is 1.29. The first-order valence-corrected chi connectivity index (χ1v) is 6.18. The molecular weight excluding hydrogens is 260 g/mol. The van der Waals surface area contributed by atoms with Crippen molar-refractivity contribution < 1.29 is 17.6 Å². The van der Waals surface area contributed by atoms with Crippen molar-refractivity contribution >= 4 is 0 Å². The van der Waals surface area contributed by atoms with Crippen LogP contribution in [-0.4, -0.2) is 23.7 Å². The van der Waals surface area contributed by atoms with E-state index in [0.717, 1.165) is 12.8 Å². The van der Waals surface area contributed by atoms with Crippen LogP contribution in [-0.2, 0) is 13.1 Å². The molecule has 0 atom stereocenters. The molecule has 0 amide bonds. The lowest BCUT2D eigenvalue weighted by Gasteiger charge is -2.24. The van der Waals surface area contributed by atoms with Crippen LogP contribution in [0.15, 0.2) is 18.2 Å². The summed E-state index contributed by atoms with van der Waals surface area (Å²) in [6, 6.07) is 4.60. The molecule has 0 saturated heterocycles. The minimum Gasteiger partial charge on any atom is -0.326 e. The van der Waals surface area contributed by atoms with Crippen molar-refractivity contribution in [2.45, 2.75) is 38.1 Å². The molecule has 1 aliphatic carbocycles. The maximum absolute atomic E-state index is 14.0. The van der Waals surface area contributed by atoms with Gasteiger partial charge in [0.15, 0.2) is 0 Å². The van der Waals surface area contributed by atoms with E-state index in [9.17, 15) is 17.6 Å². The second kappa shape index (κ2) is 5.46. The van der Waals surface area contributed by atoms with Gasteiger partial charge in [0.2, 0.25) is 0 Å². The molecule has 2 nitrogen and oxygen atoms in total. The van der Waals surface area contributed by atoms with Crippen LogP contribution in [0.25, 0.3) is 0 Å². The average molecular weight is 276 g/mol. The highest BCUT2D eigenvalue weighted by molar-refractivity contribution is 5.26. The number of hydrogen-bond acceptors (Lipinski definition) is 2. The molecular formula is C13H16F4N2. The molecule has 0 heterocycles. The van der Waals surface area contributed by atoms with E-state index in [0.29, 0.717) is 5.56 Å². The molecule has 0 unspecified atom stereocenters. The molecule has 19 heavy (non-hydrogen) atoms. The Morgan fingerprint density at radius 2 is 1.84 bits per heavy atom. The van der Waals surface area contributed by atoms with Crippen molar-refractivity contribution in [1.82, 2.24) is 4.90 Å². The van der Waals surface area contributed by atoms with Crippen molar-refractivity contribution in [3.8, 4) is 0 Å². The number of rotatable bonds is 5. The first-order chi connectivity index (χ1) is 8.90. The van der Waals surface area contributed by atoms with Crippen LogP contribution in [0, 0.1) is 5.82 Å². The second-order valence-electron chi connectivity index (χ2n) is 4.85. The van der Waals surface area contributed by atoms with Gasteiger partial charge in [-0.05, 0) is 12.8 Å². The second-order valence-corrected chi connectivity index (χ2v) is 4.85. The van der Waals surface area contributed by atoms with Gasteiger partial charge in [-0.1, -0.05) is 18.2 Å². The fraction of sp³-hybridized carbons (Fsp3) is 0.538. The van der Waals surface area contributed by atoms with Gasteiger partial charge in [-0.15, -0.1) is 0 Å². The zero-order chi connectivity index (χ0) is 14.0. The van der Waals surface area contributed by atoms with Gasteiger partial charge in [0.1, 0.15) is 5.82 Å². The fourth-order valence-corrected chi connectivity index (χ4v) is 2.12. The van der Waals surface area contributed by atoms with Gasteiger partial charge in [0.25, 0.3) is 0 Å². The fourth-order valence-electron chi connectivity index (χ4n) is 2.12. The van der Waals surface area contributed by atoms with E-state index in [1.54, 1.807) is 12.1 Å². The summed E-state index contributed by atoms with van der Waals surface area (Å²) in [6.45, 7) is -0.976. The van der Waals surface area contributed by atoms with Gasteiger partial charge in [0, 0.05) is 30.3 Å². The third kappa shape index (κ3) is 3.91. The predicted molar refractivity (Wildman–Crippen MR) is 63.8 cm³/mol. The van der Waals surface area contributed by atoms with E-state index in [4.69, 9.17) is 5.73 Å². The molecule has 1 saturated carbocycles. The molecule has 1 aromatic carbocycles. The molecule has 6 heteroatoms. The SMILES string of the molecule is NCc1cccc(CN(CC(F)(F)F)C2CC2)c1F. The van der Waals surface area contributed by atoms with Gasteiger partial charge in [-0.25, -0.2) is 4.39 Å². The Morgan fingerprint density at radius 3 is 2.37 bits per heavy atom. The van der Waals surface area contributed by atoms with Crippen molar-refractivity contribution in [3.05, 3.63) is 35.1 Å². The summed E-state index contributed by atoms with van der Waals surface area (Å²) in [7, 11) is 0. The van der Waals surface area contributed by atoms with E-state index >= 15 is 0 Å². The summed E-state index contributed by atoms with van der Waals surface area (Å²) >= 11 is 0. The molecule has 106 valence electrons. The smallest absolute Gasteiger partial charge is 0.326 e. The van der Waals surface area contributed by atoms with Gasteiger partial charge in [0.05, 0.1) is 6.54 Å². The zero-order valence-electron chi connectivity index (χ0n) is 10.4. The molecule has 0 spiro atoms. The largest absolute Gasteiger partial charge is 0.401 e. The number of nitrogens with zero attached hydrogens (tertiary/aromatic N) is 1. The van der Waals surface area contributed by atoms with Crippen LogP contribution < -0.4 is 5.73 Å². The van der Waals surface area contributed by atoms with Crippen LogP contribution in [0.5, 0.6) is 0 Å². The average Bonchev–Trinajstić information content (AvgIpc) is 3.13. The van der Waals surface area contributed by atoms with E-state index in [1.807, 2.05) is 0 Å². The minimum atomic E-state index is -4.26. The lowest BCUT2D eigenvalue weighted by molar-refractivity contribution is -0.148. The standard InChI is InChI=1S/C13H16F4N2/c14-12-9(6-18)2-1-3-10(12)7-19(11-4-5-11)8-13(15,16)17/h1-3,11H,4-8,18H2. The highest BCUT2D eigenvalue weighted by atomic mass is 19.4. The summed E-state index contributed by atoms with van der Waals surface area (Å²) in [6.07, 6.45) is -2.77. The Labute approximate surface area is 109 Å². The van der Waals surface area contributed by atoms with Gasteiger partial charge >= 0.3 is 6.18 Å². The van der Waals surface area contributed by atoms with E-state index < -0.39 is 18.5 Å². The van der Waals surface area contributed by atoms with Crippen LogP contribution in [0.1, 0.15) is 24.0 Å². The maximum atomic E-state index is 14.0. The van der Waals surface area contributed by atoms with E-state index in [2.05, 4.69) is 0 Å². The molecule has 1 aromatic rings. The Balaban J connectivity index is 2.13. The number of hydrogen-bond donors (Lipinski definition) is 1. The molecule has 0 bridgehead atoms. The number of halogens is 4. The van der Waals surface area contributed by atoms with Crippen molar-refractivity contribution in [1.29, 1.82) is 0 Å². The summed E-state index contributed by atoms with van der Waals surface area (Å²) < 4.78 is 51.4. The molecule has 1 aliphatic rings. The maximum Gasteiger partial charge on any atom is 0.401 e. The Bertz CT molecular complexity index is 441. The van der Waals surface area contributed by atoms with Crippen LogP contribution in [0.2, 0.25) is 0 Å². The molecule has 2 rings (SSSR count). The Hall–Kier alpha value is -1.14. The minimum absolute atomic E-state index is 0.0240. The van der Waals surface area contributed by atoms with E-state index in [1.165, 1.54) is 11.0 Å². The van der Waals surface area contributed by atoms with Gasteiger partial charge < -0.3 is 5.73 Å². The zero-order valence-corrected chi connectivity index (χ0v) is 10.4. The lowest BCUT2D eigenvalue weighted by atomic mass is 10.1. The number of benzene rings is 1. The highest BCUT2D eigenvalue weighted by Gasteiger charge is 2.38. The third-order valence-electron chi connectivity index (χ3n) is 3.20. The molecule has 0 aromatic heterocycles. The van der Waals surface area contributed by atoms with Gasteiger partial charge in [-0.2, -0.15) is 13.2 Å². The van der Waals surface area contributed by atoms with Gasteiger partial charge in [-0.3, -0.25) is 4.90 Å². The van der Waals surface area contributed by atoms with Crippen LogP contribution >= 0.6 is 0 Å². The van der Waals surface area contributed by atoms with Crippen LogP contribution in [0.4, 0.5) is 17.6 Å². The Morgan fingerprint density at radius 1 is 1.21 bits per heavy atom. The topological polar surface area (TPSA) is 29.3 Å². The Kier molecular flexibility index (Phi) is 4.10. The van der Waals surface area contributed by atoms with Crippen molar-refractivity contribution in [3.63, 3.8) is 0 Å². The quantitative estimate of drug-likeness (QED) is 0.838. The first kappa shape index (κ1) is 14.3. The number of nitrogens with two attached hydrogens (primary N) is 1. The normalized spacial score (nSPS) is 16.1. The lowest BCUT2D eigenvalue weighted by Crippen LogP contribution is -2.35. The third-order valence-corrected chi connectivity index (χ3v) is 3.20. The summed E-state index contributed by atoms with van der Waals surface area (Å²) in [5.41, 5.74) is 6.00. The molecule has 2 N–H and O–H groups in total. The van der Waals surface area contributed by atoms with Crippen molar-refractivity contribution in [2.24, 2.45) is 5.73 Å². The van der Waals surface area contributed by atoms with Crippen molar-refractivity contribution in [2.75, 3.05) is 6.54 Å². The highest BCUT2D eigenvalue weighted by Crippen LogP contribution is 2.32. The predicted octanol–water partition coefficient (Wildman–Crippen LogP) is 2.81. The van der Waals surface area contributed by atoms with E-state index in [-0.39, 0.29) is 24.7 Å².